The molecule has 2 rings (SSSR count). The van der Waals surface area contributed by atoms with Gasteiger partial charge in [0.05, 0.1) is 5.69 Å². The highest BCUT2D eigenvalue weighted by molar-refractivity contribution is 5.51. The van der Waals surface area contributed by atoms with Crippen molar-refractivity contribution >= 4 is 5.69 Å². The molecule has 0 radical (unpaired) electrons. The quantitative estimate of drug-likeness (QED) is 0.830. The number of benzene rings is 1. The average Bonchev–Trinajstić information content (AvgIpc) is 2.98. The predicted molar refractivity (Wildman–Crippen MR) is 76.4 cm³/mol. The molecule has 0 aliphatic heterocycles. The summed E-state index contributed by atoms with van der Waals surface area (Å²) >= 11 is 0. The minimum absolute atomic E-state index is 0.532. The van der Waals surface area contributed by atoms with Crippen molar-refractivity contribution in [2.45, 2.75) is 45.6 Å². The maximum atomic E-state index is 3.90. The number of nitrogens with one attached hydrogen (secondary N) is 1. The largest absolute Gasteiger partial charge is 0.382 e. The lowest BCUT2D eigenvalue weighted by Gasteiger charge is -2.18. The number of anilines is 1. The first-order valence-corrected chi connectivity index (χ1v) is 6.93. The van der Waals surface area contributed by atoms with E-state index in [9.17, 15) is 0 Å². The van der Waals surface area contributed by atoms with E-state index in [1.54, 1.807) is 11.0 Å². The van der Waals surface area contributed by atoms with Gasteiger partial charge in [0.2, 0.25) is 0 Å². The Morgan fingerprint density at radius 3 is 2.89 bits per heavy atom. The maximum absolute atomic E-state index is 3.90. The van der Waals surface area contributed by atoms with E-state index < -0.39 is 0 Å². The zero-order valence-electron chi connectivity index (χ0n) is 11.6. The topological polar surface area (TPSA) is 55.6 Å². The van der Waals surface area contributed by atoms with Gasteiger partial charge in [-0.15, -0.1) is 5.10 Å². The summed E-state index contributed by atoms with van der Waals surface area (Å²) in [5.41, 5.74) is 2.09. The summed E-state index contributed by atoms with van der Waals surface area (Å²) in [6.45, 7) is 4.45. The number of hydrogen-bond donors (Lipinski definition) is 1. The Kier molecular flexibility index (Phi) is 4.89. The monoisotopic (exact) mass is 259 g/mol. The summed E-state index contributed by atoms with van der Waals surface area (Å²) in [6, 6.07) is 8.71. The van der Waals surface area contributed by atoms with Crippen molar-refractivity contribution in [3.63, 3.8) is 0 Å². The molecule has 0 spiro atoms. The molecule has 0 saturated heterocycles. The van der Waals surface area contributed by atoms with Gasteiger partial charge >= 0.3 is 0 Å². The van der Waals surface area contributed by atoms with Crippen LogP contribution in [0, 0.1) is 0 Å². The maximum Gasteiger partial charge on any atom is 0.143 e. The van der Waals surface area contributed by atoms with Crippen LogP contribution in [0.1, 0.15) is 39.5 Å². The normalized spacial score (nSPS) is 12.3. The zero-order chi connectivity index (χ0) is 13.5. The van der Waals surface area contributed by atoms with Crippen molar-refractivity contribution in [2.75, 3.05) is 5.32 Å². The van der Waals surface area contributed by atoms with Crippen LogP contribution in [-0.2, 0) is 0 Å². The Hall–Kier alpha value is -1.91. The minimum Gasteiger partial charge on any atom is -0.382 e. The molecular formula is C14H21N5. The van der Waals surface area contributed by atoms with E-state index in [2.05, 4.69) is 46.8 Å². The fraction of sp³-hybridized carbons (Fsp3) is 0.500. The Balaban J connectivity index is 2.06. The molecule has 1 unspecified atom stereocenters. The van der Waals surface area contributed by atoms with Gasteiger partial charge in [0.15, 0.2) is 0 Å². The van der Waals surface area contributed by atoms with Gasteiger partial charge in [0, 0.05) is 11.7 Å². The molecule has 1 N–H and O–H groups in total. The Morgan fingerprint density at radius 2 is 2.21 bits per heavy atom. The first kappa shape index (κ1) is 13.5. The van der Waals surface area contributed by atoms with E-state index in [1.165, 1.54) is 19.3 Å². The van der Waals surface area contributed by atoms with E-state index in [4.69, 9.17) is 0 Å². The average molecular weight is 259 g/mol. The molecule has 0 amide bonds. The van der Waals surface area contributed by atoms with Crippen molar-refractivity contribution in [3.05, 3.63) is 30.6 Å². The number of hydrogen-bond acceptors (Lipinski definition) is 4. The SMILES string of the molecule is CCCCC(CC)Nc1cccc(-n2cnnn2)c1. The summed E-state index contributed by atoms with van der Waals surface area (Å²) < 4.78 is 1.66. The first-order chi connectivity index (χ1) is 9.33. The minimum atomic E-state index is 0.532. The highest BCUT2D eigenvalue weighted by Crippen LogP contribution is 2.17. The van der Waals surface area contributed by atoms with Crippen LogP contribution in [0.2, 0.25) is 0 Å². The molecule has 1 aromatic carbocycles. The lowest BCUT2D eigenvalue weighted by Crippen LogP contribution is -2.18. The van der Waals surface area contributed by atoms with Gasteiger partial charge in [-0.1, -0.05) is 32.8 Å². The molecule has 2 aromatic rings. The molecule has 1 atom stereocenters. The number of unbranched alkanes of at least 4 members (excludes halogenated alkanes) is 1. The third-order valence-electron chi connectivity index (χ3n) is 3.23. The molecule has 1 heterocycles. The van der Waals surface area contributed by atoms with E-state index in [-0.39, 0.29) is 0 Å². The number of rotatable bonds is 7. The third kappa shape index (κ3) is 3.77. The second-order valence-corrected chi connectivity index (χ2v) is 4.70. The van der Waals surface area contributed by atoms with Crippen molar-refractivity contribution in [3.8, 4) is 5.69 Å². The second-order valence-electron chi connectivity index (χ2n) is 4.70. The van der Waals surface area contributed by atoms with Crippen LogP contribution in [0.4, 0.5) is 5.69 Å². The van der Waals surface area contributed by atoms with Crippen LogP contribution in [0.25, 0.3) is 5.69 Å². The van der Waals surface area contributed by atoms with E-state index >= 15 is 0 Å². The molecule has 19 heavy (non-hydrogen) atoms. The van der Waals surface area contributed by atoms with Crippen molar-refractivity contribution < 1.29 is 0 Å². The van der Waals surface area contributed by atoms with Gasteiger partial charge in [-0.2, -0.15) is 0 Å². The molecule has 0 fully saturated rings. The number of tetrazole rings is 1. The van der Waals surface area contributed by atoms with Gasteiger partial charge in [-0.3, -0.25) is 0 Å². The molecule has 0 saturated carbocycles. The summed E-state index contributed by atoms with van der Waals surface area (Å²) in [5, 5.41) is 14.8. The molecule has 0 bridgehead atoms. The lowest BCUT2D eigenvalue weighted by atomic mass is 10.1. The van der Waals surface area contributed by atoms with E-state index in [0.29, 0.717) is 6.04 Å². The molecule has 102 valence electrons. The second kappa shape index (κ2) is 6.87. The molecule has 5 nitrogen and oxygen atoms in total. The standard InChI is InChI=1S/C14H21N5/c1-3-5-7-12(4-2)16-13-8-6-9-14(10-13)19-11-15-17-18-19/h6,8-12,16H,3-5,7H2,1-2H3. The number of aromatic nitrogens is 4. The smallest absolute Gasteiger partial charge is 0.143 e. The van der Waals surface area contributed by atoms with E-state index in [1.807, 2.05) is 12.1 Å². The van der Waals surface area contributed by atoms with Crippen molar-refractivity contribution in [2.24, 2.45) is 0 Å². The fourth-order valence-electron chi connectivity index (χ4n) is 2.08. The molecule has 0 aliphatic rings. The lowest BCUT2D eigenvalue weighted by molar-refractivity contribution is 0.593. The van der Waals surface area contributed by atoms with Crippen LogP contribution in [0.5, 0.6) is 0 Å². The molecular weight excluding hydrogens is 238 g/mol. The van der Waals surface area contributed by atoms with Crippen LogP contribution in [0.3, 0.4) is 0 Å². The van der Waals surface area contributed by atoms with Crippen LogP contribution in [-0.4, -0.2) is 26.2 Å². The van der Waals surface area contributed by atoms with E-state index in [0.717, 1.165) is 17.8 Å². The number of nitrogens with zero attached hydrogens (tertiary/aromatic N) is 4. The van der Waals surface area contributed by atoms with Gasteiger partial charge in [0.25, 0.3) is 0 Å². The first-order valence-electron chi connectivity index (χ1n) is 6.93. The van der Waals surface area contributed by atoms with Gasteiger partial charge in [0.1, 0.15) is 6.33 Å². The van der Waals surface area contributed by atoms with Crippen LogP contribution >= 0.6 is 0 Å². The highest BCUT2D eigenvalue weighted by Gasteiger charge is 2.06. The Bertz CT molecular complexity index is 480. The van der Waals surface area contributed by atoms with Crippen LogP contribution < -0.4 is 5.32 Å². The predicted octanol–water partition coefficient (Wildman–Crippen LogP) is 3.04. The van der Waals surface area contributed by atoms with Gasteiger partial charge < -0.3 is 5.32 Å². The zero-order valence-corrected chi connectivity index (χ0v) is 11.6. The fourth-order valence-corrected chi connectivity index (χ4v) is 2.08. The third-order valence-corrected chi connectivity index (χ3v) is 3.23. The van der Waals surface area contributed by atoms with Crippen LogP contribution in [0.15, 0.2) is 30.6 Å². The van der Waals surface area contributed by atoms with Crippen molar-refractivity contribution in [1.82, 2.24) is 20.2 Å². The summed E-state index contributed by atoms with van der Waals surface area (Å²) in [4.78, 5) is 0. The van der Waals surface area contributed by atoms with Gasteiger partial charge in [-0.25, -0.2) is 4.68 Å². The summed E-state index contributed by atoms with van der Waals surface area (Å²) in [6.07, 6.45) is 6.45. The summed E-state index contributed by atoms with van der Waals surface area (Å²) in [5.74, 6) is 0. The highest BCUT2D eigenvalue weighted by atomic mass is 15.5. The van der Waals surface area contributed by atoms with Gasteiger partial charge in [-0.05, 0) is 41.5 Å². The molecule has 0 aliphatic carbocycles. The molecule has 1 aromatic heterocycles. The van der Waals surface area contributed by atoms with Crippen molar-refractivity contribution in [1.29, 1.82) is 0 Å². The Labute approximate surface area is 114 Å². The molecule has 5 heteroatoms. The Morgan fingerprint density at radius 1 is 1.32 bits per heavy atom. The summed E-state index contributed by atoms with van der Waals surface area (Å²) in [7, 11) is 0.